The van der Waals surface area contributed by atoms with E-state index in [-0.39, 0.29) is 24.6 Å². The molecule has 1 atom stereocenters. The molecule has 2 fully saturated rings. The highest BCUT2D eigenvalue weighted by atomic mass is 32.2. The number of sulfonamides is 1. The molecule has 0 radical (unpaired) electrons. The summed E-state index contributed by atoms with van der Waals surface area (Å²) in [5, 5.41) is 0. The smallest absolute Gasteiger partial charge is 0.417 e. The number of nitrogens with zero attached hydrogens (tertiary/aromatic N) is 2. The van der Waals surface area contributed by atoms with E-state index in [1.54, 1.807) is 19.1 Å². The van der Waals surface area contributed by atoms with Gasteiger partial charge in [-0.1, -0.05) is 12.1 Å². The fourth-order valence-electron chi connectivity index (χ4n) is 2.98. The summed E-state index contributed by atoms with van der Waals surface area (Å²) in [4.78, 5) is 24.6. The van der Waals surface area contributed by atoms with Crippen molar-refractivity contribution in [3.8, 4) is 0 Å². The molecule has 2 saturated heterocycles. The predicted octanol–water partition coefficient (Wildman–Crippen LogP) is 1.05. The molecule has 3 rings (SSSR count). The lowest BCUT2D eigenvalue weighted by Gasteiger charge is -2.21. The number of amides is 2. The first-order chi connectivity index (χ1) is 10.8. The number of rotatable bonds is 3. The zero-order chi connectivity index (χ0) is 16.8. The van der Waals surface area contributed by atoms with Crippen molar-refractivity contribution in [3.05, 3.63) is 29.3 Å². The monoisotopic (exact) mass is 338 g/mol. The second-order valence-electron chi connectivity index (χ2n) is 5.89. The van der Waals surface area contributed by atoms with E-state index in [2.05, 4.69) is 0 Å². The molecule has 8 heteroatoms. The van der Waals surface area contributed by atoms with Crippen molar-refractivity contribution in [2.45, 2.75) is 31.2 Å². The maximum atomic E-state index is 12.8. The summed E-state index contributed by atoms with van der Waals surface area (Å²) < 4.78 is 31.7. The van der Waals surface area contributed by atoms with E-state index in [1.165, 1.54) is 4.31 Å². The zero-order valence-corrected chi connectivity index (χ0v) is 13.8. The second-order valence-corrected chi connectivity index (χ2v) is 7.80. The summed E-state index contributed by atoms with van der Waals surface area (Å²) in [6.45, 7) is 3.71. The average Bonchev–Trinajstić information content (AvgIpc) is 3.09. The average molecular weight is 338 g/mol. The van der Waals surface area contributed by atoms with Crippen LogP contribution >= 0.6 is 0 Å². The molecular weight excluding hydrogens is 320 g/mol. The highest BCUT2D eigenvalue weighted by Crippen LogP contribution is 2.27. The fourth-order valence-corrected chi connectivity index (χ4v) is 4.78. The van der Waals surface area contributed by atoms with Gasteiger partial charge in [0.2, 0.25) is 10.0 Å². The van der Waals surface area contributed by atoms with Crippen LogP contribution in [0.25, 0.3) is 0 Å². The molecule has 2 aliphatic rings. The minimum Gasteiger partial charge on any atom is -0.439 e. The minimum absolute atomic E-state index is 0.108. The van der Waals surface area contributed by atoms with E-state index >= 15 is 0 Å². The Morgan fingerprint density at radius 2 is 1.96 bits per heavy atom. The van der Waals surface area contributed by atoms with Gasteiger partial charge in [-0.3, -0.25) is 4.79 Å². The van der Waals surface area contributed by atoms with Crippen LogP contribution in [-0.4, -0.2) is 55.4 Å². The van der Waals surface area contributed by atoms with Gasteiger partial charge >= 0.3 is 6.09 Å². The van der Waals surface area contributed by atoms with E-state index in [9.17, 15) is 18.0 Å². The molecule has 0 N–H and O–H groups in total. The quantitative estimate of drug-likeness (QED) is 0.822. The van der Waals surface area contributed by atoms with Gasteiger partial charge in [0.1, 0.15) is 0 Å². The summed E-state index contributed by atoms with van der Waals surface area (Å²) in [7, 11) is -3.65. The third-order valence-electron chi connectivity index (χ3n) is 4.24. The summed E-state index contributed by atoms with van der Waals surface area (Å²) in [6.07, 6.45) is -0.267. The third-order valence-corrected chi connectivity index (χ3v) is 6.24. The first-order valence-corrected chi connectivity index (χ1v) is 8.81. The van der Waals surface area contributed by atoms with Gasteiger partial charge in [0.05, 0.1) is 10.9 Å². The normalized spacial score (nSPS) is 22.7. The Balaban J connectivity index is 1.84. The van der Waals surface area contributed by atoms with Crippen LogP contribution in [0.5, 0.6) is 0 Å². The van der Waals surface area contributed by atoms with Crippen LogP contribution in [0.2, 0.25) is 0 Å². The summed E-state index contributed by atoms with van der Waals surface area (Å²) in [5.74, 6) is -0.411. The van der Waals surface area contributed by atoms with Crippen LogP contribution < -0.4 is 0 Å². The SMILES string of the molecule is Cc1ccc(C)c(S(=O)(=O)N2CC[C@H](N3C(=O)COC3=O)C2)c1. The Hall–Kier alpha value is -1.93. The van der Waals surface area contributed by atoms with Crippen molar-refractivity contribution in [1.29, 1.82) is 0 Å². The van der Waals surface area contributed by atoms with Crippen LogP contribution in [0.4, 0.5) is 4.79 Å². The number of carbonyl (C=O) groups is 2. The van der Waals surface area contributed by atoms with Crippen LogP contribution in [0.3, 0.4) is 0 Å². The summed E-state index contributed by atoms with van der Waals surface area (Å²) >= 11 is 0. The van der Waals surface area contributed by atoms with E-state index in [0.717, 1.165) is 10.5 Å². The molecule has 2 aliphatic heterocycles. The molecular formula is C15H18N2O5S. The molecule has 124 valence electrons. The molecule has 0 spiro atoms. The molecule has 1 aromatic carbocycles. The first kappa shape index (κ1) is 15.9. The first-order valence-electron chi connectivity index (χ1n) is 7.37. The molecule has 0 aliphatic carbocycles. The lowest BCUT2D eigenvalue weighted by Crippen LogP contribution is -2.42. The number of imide groups is 1. The van der Waals surface area contributed by atoms with E-state index in [1.807, 2.05) is 13.0 Å². The largest absolute Gasteiger partial charge is 0.439 e. The van der Waals surface area contributed by atoms with Gasteiger partial charge in [-0.15, -0.1) is 0 Å². The molecule has 0 aromatic heterocycles. The Bertz CT molecular complexity index is 758. The van der Waals surface area contributed by atoms with E-state index < -0.39 is 28.1 Å². The lowest BCUT2D eigenvalue weighted by atomic mass is 10.2. The number of hydrogen-bond donors (Lipinski definition) is 0. The van der Waals surface area contributed by atoms with Gasteiger partial charge in [-0.2, -0.15) is 4.31 Å². The summed E-state index contributed by atoms with van der Waals surface area (Å²) in [6, 6.07) is 4.82. The highest BCUT2D eigenvalue weighted by Gasteiger charge is 2.43. The Morgan fingerprint density at radius 3 is 2.61 bits per heavy atom. The molecule has 0 bridgehead atoms. The predicted molar refractivity (Wildman–Crippen MR) is 81.3 cm³/mol. The topological polar surface area (TPSA) is 84.0 Å². The van der Waals surface area contributed by atoms with Gasteiger partial charge in [0, 0.05) is 13.1 Å². The van der Waals surface area contributed by atoms with Crippen molar-refractivity contribution in [2.24, 2.45) is 0 Å². The Kier molecular flexibility index (Phi) is 3.89. The Morgan fingerprint density at radius 1 is 1.22 bits per heavy atom. The fraction of sp³-hybridized carbons (Fsp3) is 0.467. The van der Waals surface area contributed by atoms with Crippen molar-refractivity contribution >= 4 is 22.0 Å². The maximum absolute atomic E-state index is 12.8. The minimum atomic E-state index is -3.65. The molecule has 1 aromatic rings. The number of cyclic esters (lactones) is 1. The van der Waals surface area contributed by atoms with Crippen LogP contribution in [0, 0.1) is 13.8 Å². The second kappa shape index (κ2) is 5.61. The van der Waals surface area contributed by atoms with Crippen molar-refractivity contribution < 1.29 is 22.7 Å². The van der Waals surface area contributed by atoms with Crippen LogP contribution in [-0.2, 0) is 19.6 Å². The highest BCUT2D eigenvalue weighted by molar-refractivity contribution is 7.89. The van der Waals surface area contributed by atoms with Gasteiger partial charge in [0.25, 0.3) is 5.91 Å². The van der Waals surface area contributed by atoms with Crippen molar-refractivity contribution in [3.63, 3.8) is 0 Å². The number of aryl methyl sites for hydroxylation is 2. The van der Waals surface area contributed by atoms with Crippen molar-refractivity contribution in [2.75, 3.05) is 19.7 Å². The number of carbonyl (C=O) groups excluding carboxylic acids is 2. The molecule has 2 heterocycles. The standard InChI is InChI=1S/C15H18N2O5S/c1-10-3-4-11(2)13(7-10)23(20,21)16-6-5-12(8-16)17-14(18)9-22-15(17)19/h3-4,7,12H,5-6,8-9H2,1-2H3/t12-/m0/s1. The molecule has 0 saturated carbocycles. The number of hydrogen-bond acceptors (Lipinski definition) is 5. The third kappa shape index (κ3) is 2.72. The molecule has 23 heavy (non-hydrogen) atoms. The van der Waals surface area contributed by atoms with Crippen LogP contribution in [0.15, 0.2) is 23.1 Å². The van der Waals surface area contributed by atoms with Gasteiger partial charge in [-0.05, 0) is 37.5 Å². The van der Waals surface area contributed by atoms with Gasteiger partial charge in [0.15, 0.2) is 6.61 Å². The molecule has 2 amide bonds. The van der Waals surface area contributed by atoms with Gasteiger partial charge < -0.3 is 4.74 Å². The van der Waals surface area contributed by atoms with Crippen LogP contribution in [0.1, 0.15) is 17.5 Å². The maximum Gasteiger partial charge on any atom is 0.417 e. The van der Waals surface area contributed by atoms with E-state index in [0.29, 0.717) is 12.0 Å². The van der Waals surface area contributed by atoms with Gasteiger partial charge in [-0.25, -0.2) is 18.1 Å². The Labute approximate surface area is 134 Å². The zero-order valence-electron chi connectivity index (χ0n) is 13.0. The van der Waals surface area contributed by atoms with Crippen molar-refractivity contribution in [1.82, 2.24) is 9.21 Å². The molecule has 7 nitrogen and oxygen atoms in total. The number of ether oxygens (including phenoxy) is 1. The lowest BCUT2D eigenvalue weighted by molar-refractivity contribution is -0.127. The number of benzene rings is 1. The summed E-state index contributed by atoms with van der Waals surface area (Å²) in [5.41, 5.74) is 1.54. The molecule has 0 unspecified atom stereocenters. The van der Waals surface area contributed by atoms with E-state index in [4.69, 9.17) is 4.74 Å².